The van der Waals surface area contributed by atoms with E-state index in [2.05, 4.69) is 80.0 Å². The Kier molecular flexibility index (Phi) is 39.7. The second kappa shape index (κ2) is 48.6. The van der Waals surface area contributed by atoms with Crippen molar-refractivity contribution in [3.63, 3.8) is 0 Å². The minimum atomic E-state index is -1.48. The number of carbonyl (C=O) groups is 4. The molecule has 4 saturated heterocycles. The van der Waals surface area contributed by atoms with Gasteiger partial charge in [0.2, 0.25) is 23.6 Å². The Morgan fingerprint density at radius 2 is 0.763 bits per heavy atom. The zero-order chi connectivity index (χ0) is 82.2. The van der Waals surface area contributed by atoms with Gasteiger partial charge in [0.25, 0.3) is 0 Å². The summed E-state index contributed by atoms with van der Waals surface area (Å²) in [6, 6.07) is -4.14. The summed E-state index contributed by atoms with van der Waals surface area (Å²) in [5.74, 6) is -2.00. The number of rotatable bonds is 52. The average molecular weight is 1650 g/mol. The van der Waals surface area contributed by atoms with Crippen molar-refractivity contribution in [2.45, 2.75) is 222 Å². The predicted molar refractivity (Wildman–Crippen MR) is 388 cm³/mol. The molecule has 8 rings (SSSR count). The molecule has 4 amide bonds. The maximum Gasteiger partial charge on any atom is 0.237 e. The monoisotopic (exact) mass is 1650 g/mol. The summed E-state index contributed by atoms with van der Waals surface area (Å²) in [5, 5.41) is 169. The molecule has 4 aromatic rings. The topological polar surface area (TPSA) is 599 Å². The third kappa shape index (κ3) is 28.8. The van der Waals surface area contributed by atoms with Crippen molar-refractivity contribution in [1.29, 1.82) is 0 Å². The van der Waals surface area contributed by atoms with E-state index in [4.69, 9.17) is 56.8 Å². The first-order valence-corrected chi connectivity index (χ1v) is 38.5. The largest absolute Gasteiger partial charge is 0.394 e. The molecule has 0 unspecified atom stereocenters. The number of hydrogen-bond acceptors (Lipinski definition) is 39. The molecule has 646 valence electrons. The average Bonchev–Trinajstić information content (AvgIpc) is 1.68. The Morgan fingerprint density at radius 1 is 0.447 bits per heavy atom. The number of ether oxygens (including phenoxy) is 12. The third-order valence-corrected chi connectivity index (χ3v) is 19.3. The molecule has 0 saturated carbocycles. The van der Waals surface area contributed by atoms with Crippen molar-refractivity contribution >= 4 is 36.3 Å². The molecule has 0 aliphatic carbocycles. The molecule has 21 atom stereocenters. The lowest BCUT2D eigenvalue weighted by molar-refractivity contribution is -0.284. The maximum atomic E-state index is 14.6. The standard InChI is InChI=1S/C67H114N18O28S/c1-39-55(93)56(94)48(35-86)110-64(39)106-22-18-102-16-12-84-33-45(74-78-84)29-81(30-46-34-85(79-75-46)13-17-105-21-25-109-67-54(71-42(4)92)62(100)59(97)51(38-89)113-67)47(63(101)68-8-26-114)7-5-6-9-80(27-43-31-82(76-72-43)10-14-103-19-23-107-65-52(69-40(2)90)60(98)57(95)49(36-87)111-65)28-44-32-83(77-73-44)11-15-104-20-24-108-66-53(70-41(3)91)61(99)58(96)50(37-88)112-66/h31-34,39,47-62,64-67,86-89,93-100,114H,5-30,35-38H2,1-4H3,(H,68,101)(H,69,90)(H,70,91)(H,71,92)/t39-,47+,48-,49-,50-,51-,52-,53-,54-,55-,56+,57+,58+,59+,60-,61-,62-,64-,65-,66-,67-/m1/s1. The molecule has 4 aliphatic heterocycles. The number of nitrogens with zero attached hydrogens (tertiary/aromatic N) is 14. The molecule has 0 aromatic carbocycles. The van der Waals surface area contributed by atoms with E-state index in [1.807, 2.05) is 4.90 Å². The summed E-state index contributed by atoms with van der Waals surface area (Å²) in [6.07, 6.45) is -11.8. The molecule has 47 heteroatoms. The number of thiol groups is 1. The lowest BCUT2D eigenvalue weighted by Gasteiger charge is -2.42. The fourth-order valence-electron chi connectivity index (χ4n) is 13.1. The molecule has 16 N–H and O–H groups in total. The van der Waals surface area contributed by atoms with Crippen LogP contribution in [-0.4, -0.2) is 402 Å². The molecule has 0 bridgehead atoms. The Bertz CT molecular complexity index is 3330. The molecule has 4 fully saturated rings. The highest BCUT2D eigenvalue weighted by molar-refractivity contribution is 7.80. The maximum absolute atomic E-state index is 14.6. The quantitative estimate of drug-likeness (QED) is 0.0144. The molecule has 4 aromatic heterocycles. The number of aliphatic hydroxyl groups excluding tert-OH is 12. The van der Waals surface area contributed by atoms with Crippen LogP contribution in [0.5, 0.6) is 0 Å². The number of nitrogens with one attached hydrogen (secondary N) is 4. The number of unbranched alkanes of at least 4 members (excludes halogenated alkanes) is 1. The second-order valence-corrected chi connectivity index (χ2v) is 28.3. The highest BCUT2D eigenvalue weighted by Crippen LogP contribution is 2.29. The lowest BCUT2D eigenvalue weighted by Crippen LogP contribution is -2.64. The number of aromatic nitrogens is 12. The van der Waals surface area contributed by atoms with Crippen molar-refractivity contribution in [1.82, 2.24) is 91.0 Å². The number of hydrogen-bond donors (Lipinski definition) is 17. The molecule has 8 heterocycles. The highest BCUT2D eigenvalue weighted by atomic mass is 32.1. The summed E-state index contributed by atoms with van der Waals surface area (Å²) in [6.45, 7) is 6.60. The van der Waals surface area contributed by atoms with E-state index in [0.29, 0.717) is 54.3 Å². The van der Waals surface area contributed by atoms with Crippen LogP contribution in [0.4, 0.5) is 0 Å². The minimum Gasteiger partial charge on any atom is -0.394 e. The van der Waals surface area contributed by atoms with E-state index in [1.165, 1.54) is 20.8 Å². The fourth-order valence-corrected chi connectivity index (χ4v) is 13.2. The van der Waals surface area contributed by atoms with Gasteiger partial charge in [-0.05, 0) is 19.4 Å². The highest BCUT2D eigenvalue weighted by Gasteiger charge is 2.49. The van der Waals surface area contributed by atoms with Crippen molar-refractivity contribution in [3.05, 3.63) is 47.6 Å². The van der Waals surface area contributed by atoms with Crippen molar-refractivity contribution < 1.29 is 137 Å². The van der Waals surface area contributed by atoms with Gasteiger partial charge in [0, 0.05) is 90.0 Å². The predicted octanol–water partition coefficient (Wildman–Crippen LogP) is -9.62. The second-order valence-electron chi connectivity index (χ2n) is 27.8. The van der Waals surface area contributed by atoms with Crippen LogP contribution in [0.1, 0.15) is 69.7 Å². The zero-order valence-corrected chi connectivity index (χ0v) is 65.1. The first-order valence-electron chi connectivity index (χ1n) is 37.9. The van der Waals surface area contributed by atoms with Gasteiger partial charge in [-0.3, -0.25) is 29.0 Å². The molecule has 0 radical (unpaired) electrons. The van der Waals surface area contributed by atoms with Crippen LogP contribution in [-0.2, 0) is 128 Å². The third-order valence-electron chi connectivity index (χ3n) is 19.0. The molecule has 46 nitrogen and oxygen atoms in total. The van der Waals surface area contributed by atoms with E-state index < -0.39 is 173 Å². The van der Waals surface area contributed by atoms with Gasteiger partial charge in [0.15, 0.2) is 25.2 Å². The Hall–Kier alpha value is -6.25. The van der Waals surface area contributed by atoms with Gasteiger partial charge in [-0.2, -0.15) is 12.6 Å². The smallest absolute Gasteiger partial charge is 0.237 e. The van der Waals surface area contributed by atoms with Gasteiger partial charge in [-0.15, -0.1) is 20.4 Å². The van der Waals surface area contributed by atoms with E-state index in [-0.39, 0.29) is 144 Å². The van der Waals surface area contributed by atoms with Gasteiger partial charge in [0.05, 0.1) is 167 Å². The molecule has 4 aliphatic rings. The Labute approximate surface area is 662 Å². The summed E-state index contributed by atoms with van der Waals surface area (Å²) in [7, 11) is 0. The molecular formula is C67H114N18O28S. The lowest BCUT2D eigenvalue weighted by atomic mass is 9.92. The van der Waals surface area contributed by atoms with Crippen molar-refractivity contribution in [2.75, 3.05) is 125 Å². The van der Waals surface area contributed by atoms with Crippen LogP contribution in [0.15, 0.2) is 24.8 Å². The number of amides is 4. The van der Waals surface area contributed by atoms with E-state index in [9.17, 15) is 80.5 Å². The summed E-state index contributed by atoms with van der Waals surface area (Å²) in [4.78, 5) is 54.4. The number of carbonyl (C=O) groups excluding carboxylic acids is 4. The van der Waals surface area contributed by atoms with E-state index in [1.54, 1.807) is 50.4 Å². The molecule has 0 spiro atoms. The van der Waals surface area contributed by atoms with E-state index >= 15 is 0 Å². The van der Waals surface area contributed by atoms with Gasteiger partial charge < -0.3 is 139 Å². The Balaban J connectivity index is 0.915. The summed E-state index contributed by atoms with van der Waals surface area (Å²) in [5.41, 5.74) is 2.21. The van der Waals surface area contributed by atoms with Crippen LogP contribution in [0, 0.1) is 5.92 Å². The SMILES string of the molecule is CC(=O)N[C@H]1[C@H](OCCOCCn2cc(CN(CCCC[C@@H](C(=O)NCCS)N(Cc3cn(CCOCCO[C@@H]4O[C@H](CO)[C@H](O)[C@H](O)[C@H]4C)nn3)Cc3cn(CCOCCO[C@@H]4O[C@H](CO)[C@H](O)[C@H](O)[C@H]4NC(C)=O)nn3)Cc3cn(CCOCCO[C@@H]4O[C@H](CO)[C@H](O)[C@H](O)[C@H]4NC(C)=O)nn3)nn2)O[C@H](CO)[C@H](O)[C@@H]1O. The Morgan fingerprint density at radius 3 is 1.09 bits per heavy atom. The van der Waals surface area contributed by atoms with E-state index in [0.717, 1.165) is 0 Å². The van der Waals surface area contributed by atoms with Crippen LogP contribution >= 0.6 is 12.6 Å². The zero-order valence-electron chi connectivity index (χ0n) is 64.3. The van der Waals surface area contributed by atoms with Crippen LogP contribution in [0.2, 0.25) is 0 Å². The van der Waals surface area contributed by atoms with Gasteiger partial charge in [-0.25, -0.2) is 18.7 Å². The van der Waals surface area contributed by atoms with Gasteiger partial charge >= 0.3 is 0 Å². The van der Waals surface area contributed by atoms with Gasteiger partial charge in [0.1, 0.15) is 85.3 Å². The van der Waals surface area contributed by atoms with Crippen LogP contribution in [0.3, 0.4) is 0 Å². The van der Waals surface area contributed by atoms with Crippen LogP contribution in [0.25, 0.3) is 0 Å². The summed E-state index contributed by atoms with van der Waals surface area (Å²) < 4.78 is 75.4. The number of aliphatic hydroxyl groups is 12. The summed E-state index contributed by atoms with van der Waals surface area (Å²) >= 11 is 4.39. The molecular weight excluding hydrogens is 1540 g/mol. The van der Waals surface area contributed by atoms with Gasteiger partial charge in [-0.1, -0.05) is 34.2 Å². The normalized spacial score (nSPS) is 28.3. The minimum absolute atomic E-state index is 0.0377. The first-order chi connectivity index (χ1) is 54.9. The first kappa shape index (κ1) is 93.2. The van der Waals surface area contributed by atoms with Crippen molar-refractivity contribution in [3.8, 4) is 0 Å². The van der Waals surface area contributed by atoms with Crippen LogP contribution < -0.4 is 21.3 Å². The fraction of sp³-hybridized carbons (Fsp3) is 0.821. The van der Waals surface area contributed by atoms with Crippen molar-refractivity contribution in [2.24, 2.45) is 5.92 Å². The molecule has 114 heavy (non-hydrogen) atoms.